The van der Waals surface area contributed by atoms with Crippen LogP contribution in [0.3, 0.4) is 0 Å². The number of likely N-dealkylation sites (tertiary alicyclic amines) is 1. The lowest BCUT2D eigenvalue weighted by Gasteiger charge is -2.31. The van der Waals surface area contributed by atoms with Crippen molar-refractivity contribution in [2.45, 2.75) is 33.3 Å². The van der Waals surface area contributed by atoms with E-state index >= 15 is 0 Å². The van der Waals surface area contributed by atoms with Crippen LogP contribution in [0.2, 0.25) is 0 Å². The molecule has 1 aliphatic rings. The summed E-state index contributed by atoms with van der Waals surface area (Å²) in [7, 11) is 1.50. The Morgan fingerprint density at radius 2 is 1.91 bits per heavy atom. The number of rotatable bonds is 10. The predicted octanol–water partition coefficient (Wildman–Crippen LogP) is 2.55. The number of piperidine rings is 1. The lowest BCUT2D eigenvalue weighted by atomic mass is 9.98. The highest BCUT2D eigenvalue weighted by Crippen LogP contribution is 2.25. The minimum atomic E-state index is -0.700. The Labute approximate surface area is 204 Å². The lowest BCUT2D eigenvalue weighted by molar-refractivity contribution is -0.143. The average Bonchev–Trinajstić information content (AvgIpc) is 2.82. The van der Waals surface area contributed by atoms with E-state index in [0.717, 1.165) is 12.8 Å². The number of esters is 1. The molecule has 10 nitrogen and oxygen atoms in total. The zero-order chi connectivity index (χ0) is 24.5. The molecule has 1 aromatic heterocycles. The number of nitrogens with zero attached hydrogens (tertiary/aromatic N) is 3. The van der Waals surface area contributed by atoms with Gasteiger partial charge in [0.1, 0.15) is 31.3 Å². The van der Waals surface area contributed by atoms with Gasteiger partial charge in [0.05, 0.1) is 6.61 Å². The van der Waals surface area contributed by atoms with Crippen LogP contribution in [-0.4, -0.2) is 66.0 Å². The van der Waals surface area contributed by atoms with E-state index in [0.29, 0.717) is 25.3 Å². The first-order chi connectivity index (χ1) is 16.4. The fraction of sp³-hybridized carbons (Fsp3) is 0.458. The van der Waals surface area contributed by atoms with Gasteiger partial charge in [0.25, 0.3) is 0 Å². The van der Waals surface area contributed by atoms with Crippen LogP contribution in [0.5, 0.6) is 6.01 Å². The van der Waals surface area contributed by atoms with Gasteiger partial charge in [-0.3, -0.25) is 15.0 Å². The van der Waals surface area contributed by atoms with Gasteiger partial charge in [-0.25, -0.2) is 14.4 Å². The van der Waals surface area contributed by atoms with E-state index in [-0.39, 0.29) is 61.9 Å². The van der Waals surface area contributed by atoms with Gasteiger partial charge in [-0.2, -0.15) is 0 Å². The molecular formula is C24H32FN5O5. The zero-order valence-corrected chi connectivity index (χ0v) is 19.0. The molecule has 3 rings (SSSR count). The second kappa shape index (κ2) is 13.3. The Morgan fingerprint density at radius 3 is 2.54 bits per heavy atom. The molecule has 11 heteroatoms. The molecule has 0 radical (unpaired) electrons. The molecule has 0 atom stereocenters. The van der Waals surface area contributed by atoms with Crippen LogP contribution in [-0.2, 0) is 25.7 Å². The Bertz CT molecular complexity index is 1010. The fourth-order valence-electron chi connectivity index (χ4n) is 3.56. The number of hydrogen-bond acceptors (Lipinski definition) is 8. The highest BCUT2D eigenvalue weighted by Gasteiger charge is 2.23. The first kappa shape index (κ1) is 27.6. The Hall–Kier alpha value is -3.60. The van der Waals surface area contributed by atoms with Crippen LogP contribution in [0, 0.1) is 17.1 Å². The number of aromatic nitrogens is 2. The smallest absolute Gasteiger partial charge is 0.316 e. The quantitative estimate of drug-likeness (QED) is 0.295. The van der Waals surface area contributed by atoms with Crippen LogP contribution < -0.4 is 10.5 Å². The second-order valence-corrected chi connectivity index (χ2v) is 7.96. The largest absolute Gasteiger partial charge is 0.463 e. The molecule has 0 aliphatic carbocycles. The summed E-state index contributed by atoms with van der Waals surface area (Å²) in [5, 5.41) is 7.10. The van der Waals surface area contributed by atoms with Crippen molar-refractivity contribution in [2.24, 2.45) is 11.7 Å². The van der Waals surface area contributed by atoms with Crippen molar-refractivity contribution in [3.05, 3.63) is 42.0 Å². The Morgan fingerprint density at radius 1 is 1.23 bits per heavy atom. The molecule has 0 saturated carbocycles. The van der Waals surface area contributed by atoms with Crippen molar-refractivity contribution in [3.8, 4) is 17.1 Å². The van der Waals surface area contributed by atoms with Crippen molar-refractivity contribution >= 4 is 17.7 Å². The topological polar surface area (TPSA) is 141 Å². The van der Waals surface area contributed by atoms with E-state index in [1.807, 2.05) is 0 Å². The Kier molecular flexibility index (Phi) is 10.5. The summed E-state index contributed by atoms with van der Waals surface area (Å²) in [5.74, 6) is -1.29. The minimum Gasteiger partial charge on any atom is -0.463 e. The van der Waals surface area contributed by atoms with Crippen molar-refractivity contribution in [1.82, 2.24) is 14.9 Å². The molecule has 2 aromatic rings. The maximum absolute atomic E-state index is 14.9. The van der Waals surface area contributed by atoms with Gasteiger partial charge in [0.15, 0.2) is 0 Å². The van der Waals surface area contributed by atoms with Crippen molar-refractivity contribution in [1.29, 1.82) is 5.41 Å². The monoisotopic (exact) mass is 489 g/mol. The Balaban J connectivity index is 0.00000432. The van der Waals surface area contributed by atoms with Gasteiger partial charge in [0, 0.05) is 49.3 Å². The summed E-state index contributed by atoms with van der Waals surface area (Å²) in [6, 6.07) is 4.91. The maximum atomic E-state index is 14.9. The van der Waals surface area contributed by atoms with Crippen LogP contribution >= 0.6 is 0 Å². The summed E-state index contributed by atoms with van der Waals surface area (Å²) >= 11 is 0. The van der Waals surface area contributed by atoms with Crippen LogP contribution in [0.15, 0.2) is 30.6 Å². The number of carbonyl (C=O) groups excluding carboxylic acids is 2. The average molecular weight is 490 g/mol. The normalized spacial score (nSPS) is 13.6. The first-order valence-corrected chi connectivity index (χ1v) is 10.8. The van der Waals surface area contributed by atoms with Gasteiger partial charge in [-0.1, -0.05) is 25.6 Å². The number of carbonyl (C=O) groups is 2. The number of amides is 1. The van der Waals surface area contributed by atoms with Crippen LogP contribution in [0.4, 0.5) is 4.39 Å². The second-order valence-electron chi connectivity index (χ2n) is 7.96. The molecule has 3 N–H and O–H groups in total. The van der Waals surface area contributed by atoms with E-state index < -0.39 is 11.8 Å². The summed E-state index contributed by atoms with van der Waals surface area (Å²) < 4.78 is 30.5. The number of amidine groups is 1. The summed E-state index contributed by atoms with van der Waals surface area (Å²) in [5.41, 5.74) is 6.06. The number of halogens is 1. The molecule has 1 fully saturated rings. The minimum absolute atomic E-state index is 0. The molecule has 1 aliphatic heterocycles. The zero-order valence-electron chi connectivity index (χ0n) is 19.0. The van der Waals surface area contributed by atoms with E-state index in [4.69, 9.17) is 25.4 Å². The standard InChI is InChI=1S/C23H28FN5O5.CH4/c1-32-14-20(30)29-7-5-15(6-8-29)12-34-23-27-10-17(11-28-23)18-4-2-3-16(22(18)24)13-33-21(31)9-19(25)26;/h2-4,10-11,15H,5-9,12-14H2,1H3,(H3,25,26);1H4. The molecule has 0 spiro atoms. The van der Waals surface area contributed by atoms with Crippen molar-refractivity contribution in [2.75, 3.05) is 33.4 Å². The number of benzene rings is 1. The van der Waals surface area contributed by atoms with E-state index in [2.05, 4.69) is 9.97 Å². The van der Waals surface area contributed by atoms with Crippen LogP contribution in [0.1, 0.15) is 32.3 Å². The van der Waals surface area contributed by atoms with E-state index in [9.17, 15) is 14.0 Å². The number of ether oxygens (including phenoxy) is 3. The van der Waals surface area contributed by atoms with Gasteiger partial charge in [-0.05, 0) is 18.8 Å². The molecule has 1 amide bonds. The third-order valence-electron chi connectivity index (χ3n) is 5.42. The van der Waals surface area contributed by atoms with E-state index in [1.165, 1.54) is 25.6 Å². The van der Waals surface area contributed by atoms with Gasteiger partial charge in [-0.15, -0.1) is 0 Å². The summed E-state index contributed by atoms with van der Waals surface area (Å²) in [6.07, 6.45) is 4.24. The molecule has 1 saturated heterocycles. The summed E-state index contributed by atoms with van der Waals surface area (Å²) in [4.78, 5) is 33.6. The number of hydrogen-bond donors (Lipinski definition) is 2. The number of methoxy groups -OCH3 is 1. The molecule has 190 valence electrons. The molecule has 0 unspecified atom stereocenters. The van der Waals surface area contributed by atoms with E-state index in [1.54, 1.807) is 17.0 Å². The molecular weight excluding hydrogens is 457 g/mol. The molecule has 0 bridgehead atoms. The van der Waals surface area contributed by atoms with Gasteiger partial charge < -0.3 is 24.8 Å². The highest BCUT2D eigenvalue weighted by atomic mass is 19.1. The molecule has 2 heterocycles. The predicted molar refractivity (Wildman–Crippen MR) is 127 cm³/mol. The fourth-order valence-corrected chi connectivity index (χ4v) is 3.56. The maximum Gasteiger partial charge on any atom is 0.316 e. The van der Waals surface area contributed by atoms with Crippen molar-refractivity contribution in [3.63, 3.8) is 0 Å². The number of nitrogens with one attached hydrogen (secondary N) is 1. The number of nitrogens with two attached hydrogens (primary N) is 1. The lowest BCUT2D eigenvalue weighted by Crippen LogP contribution is -2.41. The third-order valence-corrected chi connectivity index (χ3v) is 5.42. The molecule has 1 aromatic carbocycles. The first-order valence-electron chi connectivity index (χ1n) is 10.8. The third kappa shape index (κ3) is 7.99. The van der Waals surface area contributed by atoms with Gasteiger partial charge >= 0.3 is 12.0 Å². The molecule has 35 heavy (non-hydrogen) atoms. The van der Waals surface area contributed by atoms with Crippen LogP contribution in [0.25, 0.3) is 11.1 Å². The highest BCUT2D eigenvalue weighted by molar-refractivity contribution is 5.94. The van der Waals surface area contributed by atoms with Gasteiger partial charge in [0.2, 0.25) is 5.91 Å². The summed E-state index contributed by atoms with van der Waals surface area (Å²) in [6.45, 7) is 1.58. The van der Waals surface area contributed by atoms with Crippen molar-refractivity contribution < 1.29 is 28.2 Å². The SMILES string of the molecule is C.COCC(=O)N1CCC(COc2ncc(-c3cccc(COC(=O)CC(=N)N)c3F)cn2)CC1.